The van der Waals surface area contributed by atoms with Gasteiger partial charge in [-0.3, -0.25) is 14.4 Å². The molecule has 174 valence electrons. The van der Waals surface area contributed by atoms with E-state index >= 15 is 0 Å². The third-order valence-corrected chi connectivity index (χ3v) is 5.69. The standard InChI is InChI=1S/C27H23N5O3/c1-17(29-26(34)20-14-12-18(16-28)13-15-20)25(33)31-24-27(35)32(2)22-11-7-6-10-21(22)23(30-24)19-8-4-3-5-9-19/h3-15,17,24H,1-2H3,(H,29,34)(H,31,33)/t17-,24?/m0/s1. The van der Waals surface area contributed by atoms with E-state index in [1.807, 2.05) is 60.7 Å². The van der Waals surface area contributed by atoms with Crippen LogP contribution in [0.4, 0.5) is 5.69 Å². The van der Waals surface area contributed by atoms with Crippen molar-refractivity contribution in [1.29, 1.82) is 5.26 Å². The summed E-state index contributed by atoms with van der Waals surface area (Å²) in [6.45, 7) is 1.53. The number of nitriles is 1. The Bertz CT molecular complexity index is 1340. The molecule has 0 bridgehead atoms. The van der Waals surface area contributed by atoms with Crippen molar-refractivity contribution in [3.05, 3.63) is 101 Å². The Morgan fingerprint density at radius 1 is 1.00 bits per heavy atom. The lowest BCUT2D eigenvalue weighted by Crippen LogP contribution is -2.52. The highest BCUT2D eigenvalue weighted by Crippen LogP contribution is 2.27. The van der Waals surface area contributed by atoms with Crippen LogP contribution in [0.5, 0.6) is 0 Å². The van der Waals surface area contributed by atoms with Gasteiger partial charge in [-0.2, -0.15) is 5.26 Å². The van der Waals surface area contributed by atoms with Crippen LogP contribution in [0.25, 0.3) is 0 Å². The summed E-state index contributed by atoms with van der Waals surface area (Å²) >= 11 is 0. The molecular weight excluding hydrogens is 442 g/mol. The molecule has 1 aliphatic rings. The number of carbonyl (C=O) groups is 3. The molecule has 3 amide bonds. The van der Waals surface area contributed by atoms with Gasteiger partial charge in [0.25, 0.3) is 11.8 Å². The number of hydrogen-bond donors (Lipinski definition) is 2. The number of anilines is 1. The van der Waals surface area contributed by atoms with Crippen LogP contribution >= 0.6 is 0 Å². The molecule has 0 radical (unpaired) electrons. The highest BCUT2D eigenvalue weighted by atomic mass is 16.2. The Hall–Kier alpha value is -4.77. The van der Waals surface area contributed by atoms with Crippen molar-refractivity contribution in [3.63, 3.8) is 0 Å². The van der Waals surface area contributed by atoms with Crippen molar-refractivity contribution < 1.29 is 14.4 Å². The average molecular weight is 466 g/mol. The smallest absolute Gasteiger partial charge is 0.272 e. The Labute approximate surface area is 202 Å². The number of hydrogen-bond acceptors (Lipinski definition) is 5. The van der Waals surface area contributed by atoms with Gasteiger partial charge in [-0.05, 0) is 37.3 Å². The van der Waals surface area contributed by atoms with Crippen LogP contribution in [0.15, 0.2) is 83.9 Å². The molecule has 2 N–H and O–H groups in total. The molecule has 1 unspecified atom stereocenters. The number of rotatable bonds is 5. The quantitative estimate of drug-likeness (QED) is 0.603. The topological polar surface area (TPSA) is 115 Å². The minimum Gasteiger partial charge on any atom is -0.341 e. The maximum Gasteiger partial charge on any atom is 0.272 e. The van der Waals surface area contributed by atoms with Crippen LogP contribution < -0.4 is 15.5 Å². The molecule has 8 heteroatoms. The third kappa shape index (κ3) is 4.94. The lowest BCUT2D eigenvalue weighted by Gasteiger charge is -2.22. The van der Waals surface area contributed by atoms with Crippen molar-refractivity contribution in [2.45, 2.75) is 19.1 Å². The molecule has 1 heterocycles. The van der Waals surface area contributed by atoms with Gasteiger partial charge in [0.15, 0.2) is 0 Å². The van der Waals surface area contributed by atoms with E-state index in [2.05, 4.69) is 15.6 Å². The van der Waals surface area contributed by atoms with Crippen molar-refractivity contribution in [3.8, 4) is 6.07 Å². The van der Waals surface area contributed by atoms with Crippen LogP contribution in [0.2, 0.25) is 0 Å². The number of aliphatic imine (C=N–C) groups is 1. The highest BCUT2D eigenvalue weighted by Gasteiger charge is 2.32. The Morgan fingerprint density at radius 2 is 1.66 bits per heavy atom. The van der Waals surface area contributed by atoms with E-state index in [1.165, 1.54) is 36.1 Å². The molecule has 3 aromatic carbocycles. The summed E-state index contributed by atoms with van der Waals surface area (Å²) in [6, 6.07) is 24.0. The van der Waals surface area contributed by atoms with Crippen molar-refractivity contribution >= 4 is 29.1 Å². The number of fused-ring (bicyclic) bond motifs is 1. The fraction of sp³-hybridized carbons (Fsp3) is 0.148. The van der Waals surface area contributed by atoms with E-state index in [9.17, 15) is 14.4 Å². The van der Waals surface area contributed by atoms with E-state index in [1.54, 1.807) is 7.05 Å². The maximum absolute atomic E-state index is 13.2. The molecule has 2 atom stereocenters. The second kappa shape index (κ2) is 10.0. The summed E-state index contributed by atoms with van der Waals surface area (Å²) in [7, 11) is 1.64. The van der Waals surface area contributed by atoms with Gasteiger partial charge in [0.2, 0.25) is 12.1 Å². The molecule has 0 saturated heterocycles. The average Bonchev–Trinajstić information content (AvgIpc) is 2.99. The lowest BCUT2D eigenvalue weighted by atomic mass is 10.0. The molecule has 1 aliphatic heterocycles. The number of benzodiazepines with no additional fused rings is 1. The van der Waals surface area contributed by atoms with E-state index in [4.69, 9.17) is 5.26 Å². The van der Waals surface area contributed by atoms with Gasteiger partial charge in [0.1, 0.15) is 6.04 Å². The van der Waals surface area contributed by atoms with Crippen LogP contribution in [-0.4, -0.2) is 42.7 Å². The first-order chi connectivity index (χ1) is 16.9. The van der Waals surface area contributed by atoms with Crippen LogP contribution in [0, 0.1) is 11.3 Å². The summed E-state index contributed by atoms with van der Waals surface area (Å²) in [5.74, 6) is -1.43. The minimum atomic E-state index is -1.18. The van der Waals surface area contributed by atoms with E-state index < -0.39 is 29.9 Å². The number of likely N-dealkylation sites (N-methyl/N-ethyl adjacent to an activating group) is 1. The fourth-order valence-electron chi connectivity index (χ4n) is 3.74. The van der Waals surface area contributed by atoms with Crippen molar-refractivity contribution in [1.82, 2.24) is 10.6 Å². The van der Waals surface area contributed by atoms with Gasteiger partial charge in [-0.25, -0.2) is 4.99 Å². The number of carbonyl (C=O) groups excluding carboxylic acids is 3. The highest BCUT2D eigenvalue weighted by molar-refractivity contribution is 6.20. The third-order valence-electron chi connectivity index (χ3n) is 5.69. The van der Waals surface area contributed by atoms with Crippen molar-refractivity contribution in [2.24, 2.45) is 4.99 Å². The Kier molecular flexibility index (Phi) is 6.69. The molecule has 8 nitrogen and oxygen atoms in total. The zero-order valence-electron chi connectivity index (χ0n) is 19.2. The Balaban J connectivity index is 1.57. The second-order valence-corrected chi connectivity index (χ2v) is 8.05. The molecule has 35 heavy (non-hydrogen) atoms. The molecular formula is C27H23N5O3. The van der Waals surface area contributed by atoms with E-state index in [-0.39, 0.29) is 0 Å². The van der Waals surface area contributed by atoms with Gasteiger partial charge in [-0.15, -0.1) is 0 Å². The normalized spacial score (nSPS) is 15.7. The number of nitrogens with one attached hydrogen (secondary N) is 2. The maximum atomic E-state index is 13.2. The van der Waals surface area contributed by atoms with Gasteiger partial charge in [0.05, 0.1) is 23.0 Å². The SMILES string of the molecule is C[C@H](NC(=O)c1ccc(C#N)cc1)C(=O)NC1N=C(c2ccccc2)c2ccccc2N(C)C1=O. The number of para-hydroxylation sites is 1. The molecule has 0 saturated carbocycles. The van der Waals surface area contributed by atoms with Gasteiger partial charge >= 0.3 is 0 Å². The lowest BCUT2D eigenvalue weighted by molar-refractivity contribution is -0.128. The molecule has 4 rings (SSSR count). The van der Waals surface area contributed by atoms with Gasteiger partial charge < -0.3 is 15.5 Å². The second-order valence-electron chi connectivity index (χ2n) is 8.05. The zero-order chi connectivity index (χ0) is 24.9. The minimum absolute atomic E-state index is 0.314. The summed E-state index contributed by atoms with van der Waals surface area (Å²) < 4.78 is 0. The van der Waals surface area contributed by atoms with Crippen LogP contribution in [0.1, 0.15) is 34.0 Å². The Morgan fingerprint density at radius 3 is 2.34 bits per heavy atom. The van der Waals surface area contributed by atoms with Gasteiger partial charge in [-0.1, -0.05) is 48.5 Å². The van der Waals surface area contributed by atoms with Crippen molar-refractivity contribution in [2.75, 3.05) is 11.9 Å². The summed E-state index contributed by atoms with van der Waals surface area (Å²) in [5.41, 5.74) is 3.58. The molecule has 0 aliphatic carbocycles. The largest absolute Gasteiger partial charge is 0.341 e. The van der Waals surface area contributed by atoms with E-state index in [0.717, 1.165) is 11.1 Å². The predicted octanol–water partition coefficient (Wildman–Crippen LogP) is 2.63. The zero-order valence-corrected chi connectivity index (χ0v) is 19.2. The molecule has 3 aromatic rings. The number of nitrogens with zero attached hydrogens (tertiary/aromatic N) is 3. The van der Waals surface area contributed by atoms with E-state index in [0.29, 0.717) is 22.5 Å². The number of amides is 3. The first-order valence-electron chi connectivity index (χ1n) is 11.0. The molecule has 0 aromatic heterocycles. The fourth-order valence-corrected chi connectivity index (χ4v) is 3.74. The summed E-state index contributed by atoms with van der Waals surface area (Å²) in [6.07, 6.45) is -1.18. The summed E-state index contributed by atoms with van der Waals surface area (Å²) in [5, 5.41) is 14.2. The van der Waals surface area contributed by atoms with Crippen LogP contribution in [0.3, 0.4) is 0 Å². The van der Waals surface area contributed by atoms with Gasteiger partial charge in [0, 0.05) is 23.7 Å². The number of benzene rings is 3. The monoisotopic (exact) mass is 465 g/mol. The first-order valence-corrected chi connectivity index (χ1v) is 11.0. The molecule has 0 fully saturated rings. The van der Waals surface area contributed by atoms with Crippen LogP contribution in [-0.2, 0) is 9.59 Å². The summed E-state index contributed by atoms with van der Waals surface area (Å²) in [4.78, 5) is 44.8. The first kappa shape index (κ1) is 23.4. The predicted molar refractivity (Wildman–Crippen MR) is 132 cm³/mol. The molecule has 0 spiro atoms.